The predicted octanol–water partition coefficient (Wildman–Crippen LogP) is -0.442. The minimum absolute atomic E-state index is 0.811. The molecule has 0 bridgehead atoms. The molecule has 3 aliphatic rings. The minimum Gasteiger partial charge on any atom is -0.378 e. The maximum atomic E-state index is 5.35. The van der Waals surface area contributed by atoms with E-state index >= 15 is 0 Å². The van der Waals surface area contributed by atoms with Crippen LogP contribution < -0.4 is 0 Å². The van der Waals surface area contributed by atoms with Crippen molar-refractivity contribution in [2.24, 2.45) is 5.10 Å². The van der Waals surface area contributed by atoms with Crippen LogP contribution in [-0.4, -0.2) is 73.0 Å². The van der Waals surface area contributed by atoms with E-state index in [0.717, 1.165) is 45.2 Å². The largest absolute Gasteiger partial charge is 0.378 e. The van der Waals surface area contributed by atoms with Crippen LogP contribution in [0.25, 0.3) is 0 Å². The van der Waals surface area contributed by atoms with Crippen LogP contribution >= 0.6 is 0 Å². The highest BCUT2D eigenvalue weighted by molar-refractivity contribution is 5.94. The first-order valence-electron chi connectivity index (χ1n) is 5.76. The fourth-order valence-electron chi connectivity index (χ4n) is 2.20. The topological polar surface area (TPSA) is 31.1 Å². The van der Waals surface area contributed by atoms with Crippen molar-refractivity contribution in [1.29, 1.82) is 0 Å². The maximum Gasteiger partial charge on any atom is 0.232 e. The second kappa shape index (κ2) is 3.99. The molecule has 0 spiro atoms. The third kappa shape index (κ3) is 1.76. The Hall–Kier alpha value is -1.20. The number of fused-ring (bicyclic) bond motifs is 1. The van der Waals surface area contributed by atoms with Crippen molar-refractivity contribution >= 4 is 12.1 Å². The van der Waals surface area contributed by atoms with Gasteiger partial charge in [-0.15, -0.1) is 0 Å². The lowest BCUT2D eigenvalue weighted by atomic mass is 10.3. The zero-order chi connectivity index (χ0) is 11.0. The maximum absolute atomic E-state index is 5.35. The molecule has 3 heterocycles. The molecule has 0 aromatic rings. The van der Waals surface area contributed by atoms with Crippen LogP contribution in [0.1, 0.15) is 0 Å². The summed E-state index contributed by atoms with van der Waals surface area (Å²) < 4.78 is 7.37. The Morgan fingerprint density at radius 1 is 1.38 bits per heavy atom. The van der Waals surface area contributed by atoms with Crippen molar-refractivity contribution in [1.82, 2.24) is 9.80 Å². The molecule has 0 atom stereocenters. The van der Waals surface area contributed by atoms with E-state index < -0.39 is 0 Å². The molecular weight excluding hydrogens is 204 g/mol. The van der Waals surface area contributed by atoms with E-state index in [1.54, 1.807) is 0 Å². The Kier molecular flexibility index (Phi) is 2.49. The summed E-state index contributed by atoms with van der Waals surface area (Å²) in [6.45, 7) is 5.47. The zero-order valence-corrected chi connectivity index (χ0v) is 9.59. The Bertz CT molecular complexity index is 379. The number of ether oxygens (including phenoxy) is 1. The summed E-state index contributed by atoms with van der Waals surface area (Å²) in [5.74, 6) is 1.09. The van der Waals surface area contributed by atoms with Gasteiger partial charge in [0.15, 0.2) is 6.21 Å². The van der Waals surface area contributed by atoms with Gasteiger partial charge in [-0.25, -0.2) is 0 Å². The minimum atomic E-state index is 0.811. The molecule has 3 aliphatic heterocycles. The monoisotopic (exact) mass is 221 g/mol. The average Bonchev–Trinajstić information content (AvgIpc) is 2.73. The predicted molar refractivity (Wildman–Crippen MR) is 61.7 cm³/mol. The van der Waals surface area contributed by atoms with Gasteiger partial charge in [0.25, 0.3) is 0 Å². The van der Waals surface area contributed by atoms with E-state index in [1.165, 1.54) is 5.70 Å². The number of likely N-dealkylation sites (N-methyl/N-ethyl adjacent to an activating group) is 1. The fraction of sp³-hybridized carbons (Fsp3) is 0.636. The van der Waals surface area contributed by atoms with Crippen LogP contribution in [0.3, 0.4) is 0 Å². The zero-order valence-electron chi connectivity index (χ0n) is 9.59. The van der Waals surface area contributed by atoms with Crippen LogP contribution in [0, 0.1) is 0 Å². The van der Waals surface area contributed by atoms with E-state index in [1.807, 2.05) is 4.68 Å². The third-order valence-corrected chi connectivity index (χ3v) is 3.13. The van der Waals surface area contributed by atoms with Gasteiger partial charge in [0.1, 0.15) is 0 Å². The van der Waals surface area contributed by atoms with E-state index in [9.17, 15) is 0 Å². The van der Waals surface area contributed by atoms with Crippen molar-refractivity contribution in [2.45, 2.75) is 0 Å². The number of nitrogens with zero attached hydrogens (tertiary/aromatic N) is 4. The van der Waals surface area contributed by atoms with Gasteiger partial charge in [0.2, 0.25) is 11.5 Å². The molecule has 1 fully saturated rings. The summed E-state index contributed by atoms with van der Waals surface area (Å²) >= 11 is 0. The Morgan fingerprint density at radius 2 is 2.19 bits per heavy atom. The van der Waals surface area contributed by atoms with Gasteiger partial charge >= 0.3 is 0 Å². The average molecular weight is 221 g/mol. The second-order valence-corrected chi connectivity index (χ2v) is 4.42. The molecule has 0 amide bonds. The Balaban J connectivity index is 1.79. The molecule has 5 nitrogen and oxygen atoms in total. The van der Waals surface area contributed by atoms with Crippen LogP contribution in [-0.2, 0) is 4.74 Å². The smallest absolute Gasteiger partial charge is 0.232 e. The van der Waals surface area contributed by atoms with Crippen LogP contribution in [0.2, 0.25) is 0 Å². The lowest BCUT2D eigenvalue weighted by Gasteiger charge is -2.25. The van der Waals surface area contributed by atoms with Gasteiger partial charge in [-0.1, -0.05) is 4.68 Å². The summed E-state index contributed by atoms with van der Waals surface area (Å²) in [4.78, 5) is 4.57. The van der Waals surface area contributed by atoms with Crippen molar-refractivity contribution in [3.8, 4) is 0 Å². The quantitative estimate of drug-likeness (QED) is 0.520. The molecule has 0 aliphatic carbocycles. The van der Waals surface area contributed by atoms with E-state index in [4.69, 9.17) is 4.74 Å². The van der Waals surface area contributed by atoms with Gasteiger partial charge in [-0.3, -0.25) is 4.90 Å². The van der Waals surface area contributed by atoms with Gasteiger partial charge in [-0.2, -0.15) is 0 Å². The number of hydrazone groups is 1. The number of amidine groups is 1. The van der Waals surface area contributed by atoms with Crippen LogP contribution in [0.5, 0.6) is 0 Å². The molecule has 0 radical (unpaired) electrons. The summed E-state index contributed by atoms with van der Waals surface area (Å²) in [5.41, 5.74) is 1.27. The summed E-state index contributed by atoms with van der Waals surface area (Å²) in [5, 5.41) is 4.61. The number of rotatable bonds is 0. The molecule has 0 N–H and O–H groups in total. The fourth-order valence-corrected chi connectivity index (χ4v) is 2.20. The highest BCUT2D eigenvalue weighted by Gasteiger charge is 2.30. The normalized spacial score (nSPS) is 26.1. The number of morpholine rings is 1. The molecule has 3 rings (SSSR count). The van der Waals surface area contributed by atoms with Crippen molar-refractivity contribution in [3.05, 3.63) is 11.8 Å². The van der Waals surface area contributed by atoms with Crippen molar-refractivity contribution in [3.63, 3.8) is 0 Å². The standard InChI is InChI=1S/C11H17N4O/c1-13-2-3-15-10(9-13)8-11(12-15)14-4-6-16-7-5-14/h3,8H,2,4-7,9H2,1H3/q+1. The first kappa shape index (κ1) is 9.99. The molecule has 0 unspecified atom stereocenters. The highest BCUT2D eigenvalue weighted by atomic mass is 16.5. The van der Waals surface area contributed by atoms with Crippen LogP contribution in [0.4, 0.5) is 0 Å². The molecular formula is C11H17N4O+. The third-order valence-electron chi connectivity index (χ3n) is 3.13. The number of hydrogen-bond acceptors (Lipinski definition) is 4. The first-order chi connectivity index (χ1) is 7.83. The lowest BCUT2D eigenvalue weighted by molar-refractivity contribution is -0.481. The molecule has 0 saturated carbocycles. The van der Waals surface area contributed by atoms with Gasteiger partial charge in [0, 0.05) is 18.2 Å². The highest BCUT2D eigenvalue weighted by Crippen LogP contribution is 2.14. The van der Waals surface area contributed by atoms with E-state index in [0.29, 0.717) is 0 Å². The van der Waals surface area contributed by atoms with E-state index in [2.05, 4.69) is 34.2 Å². The molecule has 0 aromatic carbocycles. The second-order valence-electron chi connectivity index (χ2n) is 4.42. The summed E-state index contributed by atoms with van der Waals surface area (Å²) in [6, 6.07) is 0. The van der Waals surface area contributed by atoms with Crippen LogP contribution in [0.15, 0.2) is 16.9 Å². The Morgan fingerprint density at radius 3 is 3.00 bits per heavy atom. The van der Waals surface area contributed by atoms with Crippen molar-refractivity contribution < 1.29 is 9.42 Å². The molecule has 86 valence electrons. The van der Waals surface area contributed by atoms with E-state index in [-0.39, 0.29) is 0 Å². The molecule has 1 saturated heterocycles. The summed E-state index contributed by atoms with van der Waals surface area (Å²) in [7, 11) is 2.13. The van der Waals surface area contributed by atoms with Gasteiger partial charge < -0.3 is 9.64 Å². The first-order valence-corrected chi connectivity index (χ1v) is 5.76. The lowest BCUT2D eigenvalue weighted by Crippen LogP contribution is -2.39. The van der Waals surface area contributed by atoms with Gasteiger partial charge in [0.05, 0.1) is 32.4 Å². The SMILES string of the molecule is CN1CC=[N+]2N=C(N3CCOCC3)C=C2C1. The van der Waals surface area contributed by atoms with Crippen molar-refractivity contribution in [2.75, 3.05) is 46.4 Å². The Labute approximate surface area is 95.3 Å². The van der Waals surface area contributed by atoms with Gasteiger partial charge in [-0.05, 0) is 7.05 Å². The number of hydrogen-bond donors (Lipinski definition) is 0. The summed E-state index contributed by atoms with van der Waals surface area (Å²) in [6.07, 6.45) is 4.32. The molecule has 0 aromatic heterocycles. The molecule has 16 heavy (non-hydrogen) atoms. The molecule has 5 heteroatoms.